The molecule has 1 aromatic rings. The number of carbonyl (C=O) groups excluding carboxylic acids is 1. The van der Waals surface area contributed by atoms with Crippen molar-refractivity contribution < 1.29 is 9.53 Å². The van der Waals surface area contributed by atoms with Crippen molar-refractivity contribution in [2.75, 3.05) is 11.9 Å². The molecule has 1 fully saturated rings. The van der Waals surface area contributed by atoms with Gasteiger partial charge in [0.25, 0.3) is 0 Å². The molecule has 3 nitrogen and oxygen atoms in total. The lowest BCUT2D eigenvalue weighted by Crippen LogP contribution is -2.30. The summed E-state index contributed by atoms with van der Waals surface area (Å²) in [5.41, 5.74) is 1.55. The number of nitrogens with one attached hydrogen (secondary N) is 1. The van der Waals surface area contributed by atoms with Crippen molar-refractivity contribution in [3.8, 4) is 0 Å². The Morgan fingerprint density at radius 3 is 2.81 bits per heavy atom. The number of para-hydroxylation sites is 1. The van der Waals surface area contributed by atoms with Crippen molar-refractivity contribution in [2.45, 2.75) is 52.5 Å². The Morgan fingerprint density at radius 2 is 2.10 bits per heavy atom. The van der Waals surface area contributed by atoms with Crippen molar-refractivity contribution in [3.05, 3.63) is 29.8 Å². The van der Waals surface area contributed by atoms with Gasteiger partial charge in [-0.05, 0) is 43.7 Å². The molecule has 0 amide bonds. The van der Waals surface area contributed by atoms with Crippen LogP contribution in [0, 0.1) is 11.8 Å². The lowest BCUT2D eigenvalue weighted by Gasteiger charge is -2.33. The number of carbonyl (C=O) groups is 1. The van der Waals surface area contributed by atoms with Crippen molar-refractivity contribution in [2.24, 2.45) is 11.8 Å². The van der Waals surface area contributed by atoms with E-state index in [2.05, 4.69) is 19.2 Å². The Bertz CT molecular complexity index is 470. The molecular formula is C18H27NO2. The first kappa shape index (κ1) is 15.9. The largest absolute Gasteiger partial charge is 0.462 e. The highest BCUT2D eigenvalue weighted by molar-refractivity contribution is 5.95. The van der Waals surface area contributed by atoms with E-state index >= 15 is 0 Å². The van der Waals surface area contributed by atoms with Crippen molar-refractivity contribution in [1.29, 1.82) is 0 Å². The fraction of sp³-hybridized carbons (Fsp3) is 0.611. The zero-order valence-corrected chi connectivity index (χ0v) is 13.4. The molecule has 0 aliphatic heterocycles. The molecule has 0 spiro atoms. The van der Waals surface area contributed by atoms with E-state index in [4.69, 9.17) is 4.74 Å². The van der Waals surface area contributed by atoms with Gasteiger partial charge in [0, 0.05) is 11.7 Å². The fourth-order valence-corrected chi connectivity index (χ4v) is 3.18. The molecular weight excluding hydrogens is 262 g/mol. The molecule has 0 saturated heterocycles. The monoisotopic (exact) mass is 289 g/mol. The van der Waals surface area contributed by atoms with Crippen LogP contribution in [-0.2, 0) is 4.74 Å². The highest BCUT2D eigenvalue weighted by Crippen LogP contribution is 2.32. The highest BCUT2D eigenvalue weighted by atomic mass is 16.5. The normalized spacial score (nSPS) is 22.1. The number of rotatable bonds is 5. The summed E-state index contributed by atoms with van der Waals surface area (Å²) < 4.78 is 5.14. The summed E-state index contributed by atoms with van der Waals surface area (Å²) in [6.45, 7) is 6.85. The summed E-state index contributed by atoms with van der Waals surface area (Å²) in [5.74, 6) is 1.28. The van der Waals surface area contributed by atoms with Crippen LogP contribution in [-0.4, -0.2) is 18.6 Å². The van der Waals surface area contributed by atoms with Crippen molar-refractivity contribution in [1.82, 2.24) is 0 Å². The van der Waals surface area contributed by atoms with Crippen molar-refractivity contribution >= 4 is 11.7 Å². The highest BCUT2D eigenvalue weighted by Gasteiger charge is 2.25. The van der Waals surface area contributed by atoms with Crippen LogP contribution in [0.3, 0.4) is 0 Å². The third-order valence-corrected chi connectivity index (χ3v) is 4.44. The molecule has 1 aliphatic carbocycles. The van der Waals surface area contributed by atoms with Gasteiger partial charge < -0.3 is 10.1 Å². The maximum atomic E-state index is 12.0. The molecule has 0 aromatic heterocycles. The van der Waals surface area contributed by atoms with Gasteiger partial charge in [0.05, 0.1) is 12.2 Å². The zero-order valence-electron chi connectivity index (χ0n) is 13.4. The van der Waals surface area contributed by atoms with Gasteiger partial charge in [-0.25, -0.2) is 4.79 Å². The lowest BCUT2D eigenvalue weighted by molar-refractivity contribution is 0.0527. The summed E-state index contributed by atoms with van der Waals surface area (Å²) >= 11 is 0. The average Bonchev–Trinajstić information content (AvgIpc) is 2.48. The fourth-order valence-electron chi connectivity index (χ4n) is 3.18. The van der Waals surface area contributed by atoms with E-state index in [1.807, 2.05) is 31.2 Å². The molecule has 1 aliphatic rings. The van der Waals surface area contributed by atoms with Crippen LogP contribution in [0.25, 0.3) is 0 Å². The lowest BCUT2D eigenvalue weighted by atomic mass is 9.79. The standard InChI is InChI=1S/C18H27NO2/c1-4-21-18(20)16-10-5-6-11-17(16)19-15-9-7-8-14(12-15)13(2)3/h5-6,10-11,13-15,19H,4,7-9,12H2,1-3H3. The van der Waals surface area contributed by atoms with Gasteiger partial charge in [-0.15, -0.1) is 0 Å². The minimum Gasteiger partial charge on any atom is -0.462 e. The molecule has 1 saturated carbocycles. The first-order valence-corrected chi connectivity index (χ1v) is 8.14. The number of ether oxygens (including phenoxy) is 1. The predicted octanol–water partition coefficient (Wildman–Crippen LogP) is 4.49. The summed E-state index contributed by atoms with van der Waals surface area (Å²) in [4.78, 5) is 12.0. The second-order valence-electron chi connectivity index (χ2n) is 6.28. The summed E-state index contributed by atoms with van der Waals surface area (Å²) in [6, 6.07) is 8.12. The number of esters is 1. The molecule has 0 radical (unpaired) electrons. The Hall–Kier alpha value is -1.51. The van der Waals surface area contributed by atoms with Crippen LogP contribution in [0.5, 0.6) is 0 Å². The molecule has 3 heteroatoms. The van der Waals surface area contributed by atoms with Crippen LogP contribution in [0.4, 0.5) is 5.69 Å². The molecule has 1 aromatic carbocycles. The first-order chi connectivity index (χ1) is 10.1. The number of hydrogen-bond donors (Lipinski definition) is 1. The van der Waals surface area contributed by atoms with E-state index < -0.39 is 0 Å². The molecule has 2 atom stereocenters. The second kappa shape index (κ2) is 7.48. The van der Waals surface area contributed by atoms with Crippen LogP contribution in [0.1, 0.15) is 56.8 Å². The minimum atomic E-state index is -0.239. The Morgan fingerprint density at radius 1 is 1.33 bits per heavy atom. The van der Waals surface area contributed by atoms with Crippen LogP contribution < -0.4 is 5.32 Å². The summed E-state index contributed by atoms with van der Waals surface area (Å²) in [7, 11) is 0. The van der Waals surface area contributed by atoms with Crippen LogP contribution in [0.15, 0.2) is 24.3 Å². The maximum Gasteiger partial charge on any atom is 0.340 e. The number of hydrogen-bond acceptors (Lipinski definition) is 3. The van der Waals surface area contributed by atoms with E-state index in [1.54, 1.807) is 0 Å². The molecule has 0 heterocycles. The molecule has 2 unspecified atom stereocenters. The van der Waals surface area contributed by atoms with Gasteiger partial charge >= 0.3 is 5.97 Å². The van der Waals surface area contributed by atoms with Gasteiger partial charge in [-0.2, -0.15) is 0 Å². The van der Waals surface area contributed by atoms with Gasteiger partial charge in [0.2, 0.25) is 0 Å². The topological polar surface area (TPSA) is 38.3 Å². The van der Waals surface area contributed by atoms with E-state index in [0.717, 1.165) is 17.5 Å². The molecule has 2 rings (SSSR count). The quantitative estimate of drug-likeness (QED) is 0.812. The average molecular weight is 289 g/mol. The number of anilines is 1. The summed E-state index contributed by atoms with van der Waals surface area (Å²) in [5, 5.41) is 3.57. The number of benzene rings is 1. The van der Waals surface area contributed by atoms with E-state index in [1.165, 1.54) is 25.7 Å². The van der Waals surface area contributed by atoms with Gasteiger partial charge in [-0.1, -0.05) is 38.8 Å². The Balaban J connectivity index is 2.07. The molecule has 116 valence electrons. The zero-order chi connectivity index (χ0) is 15.2. The van der Waals surface area contributed by atoms with Crippen molar-refractivity contribution in [3.63, 3.8) is 0 Å². The SMILES string of the molecule is CCOC(=O)c1ccccc1NC1CCCC(C(C)C)C1. The van der Waals surface area contributed by atoms with Gasteiger partial charge in [0.15, 0.2) is 0 Å². The maximum absolute atomic E-state index is 12.0. The Labute approximate surface area is 128 Å². The third kappa shape index (κ3) is 4.23. The van der Waals surface area contributed by atoms with Crippen LogP contribution >= 0.6 is 0 Å². The second-order valence-corrected chi connectivity index (χ2v) is 6.28. The van der Waals surface area contributed by atoms with E-state index in [9.17, 15) is 4.79 Å². The van der Waals surface area contributed by atoms with E-state index in [0.29, 0.717) is 18.2 Å². The van der Waals surface area contributed by atoms with Gasteiger partial charge in [-0.3, -0.25) is 0 Å². The van der Waals surface area contributed by atoms with Crippen LogP contribution in [0.2, 0.25) is 0 Å². The smallest absolute Gasteiger partial charge is 0.340 e. The Kier molecular flexibility index (Phi) is 5.66. The predicted molar refractivity (Wildman–Crippen MR) is 86.6 cm³/mol. The minimum absolute atomic E-state index is 0.239. The molecule has 0 bridgehead atoms. The molecule has 1 N–H and O–H groups in total. The molecule has 21 heavy (non-hydrogen) atoms. The first-order valence-electron chi connectivity index (χ1n) is 8.14. The summed E-state index contributed by atoms with van der Waals surface area (Å²) in [6.07, 6.45) is 4.96. The van der Waals surface area contributed by atoms with E-state index in [-0.39, 0.29) is 5.97 Å². The van der Waals surface area contributed by atoms with Gasteiger partial charge in [0.1, 0.15) is 0 Å². The third-order valence-electron chi connectivity index (χ3n) is 4.44.